The number of halogens is 2. The number of hydrogen-bond acceptors (Lipinski definition) is 3. The highest BCUT2D eigenvalue weighted by molar-refractivity contribution is 7.71. The highest BCUT2D eigenvalue weighted by Gasteiger charge is 2.15. The fourth-order valence-electron chi connectivity index (χ4n) is 2.58. The summed E-state index contributed by atoms with van der Waals surface area (Å²) in [7, 11) is 0. The SMILES string of the molecule is S=c1[nH]nc(-c2cc(-c3ccccc3)n[nH]2)n1-c1cc(Cl)cc(Cl)c1. The van der Waals surface area contributed by atoms with E-state index in [4.69, 9.17) is 35.4 Å². The Hall–Kier alpha value is -2.41. The zero-order valence-corrected chi connectivity index (χ0v) is 15.0. The fraction of sp³-hybridized carbons (Fsp3) is 0. The van der Waals surface area contributed by atoms with Crippen LogP contribution in [0.15, 0.2) is 54.6 Å². The molecule has 25 heavy (non-hydrogen) atoms. The molecule has 4 aromatic rings. The number of nitrogens with one attached hydrogen (secondary N) is 2. The molecule has 0 aliphatic carbocycles. The highest BCUT2D eigenvalue weighted by atomic mass is 35.5. The summed E-state index contributed by atoms with van der Waals surface area (Å²) in [5.74, 6) is 0.595. The quantitative estimate of drug-likeness (QED) is 0.469. The summed E-state index contributed by atoms with van der Waals surface area (Å²) in [6, 6.07) is 17.0. The summed E-state index contributed by atoms with van der Waals surface area (Å²) in [5.41, 5.74) is 3.28. The second kappa shape index (κ2) is 6.48. The maximum absolute atomic E-state index is 6.12. The van der Waals surface area contributed by atoms with Gasteiger partial charge in [0, 0.05) is 15.6 Å². The Bertz CT molecular complexity index is 1080. The summed E-state index contributed by atoms with van der Waals surface area (Å²) >= 11 is 17.6. The molecule has 5 nitrogen and oxygen atoms in total. The van der Waals surface area contributed by atoms with Crippen LogP contribution in [-0.4, -0.2) is 25.0 Å². The first-order chi connectivity index (χ1) is 12.1. The molecule has 4 rings (SSSR count). The number of H-pyrrole nitrogens is 2. The number of hydrogen-bond donors (Lipinski definition) is 2. The second-order valence-electron chi connectivity index (χ2n) is 5.35. The van der Waals surface area contributed by atoms with Crippen LogP contribution in [0, 0.1) is 4.77 Å². The Labute approximate surface area is 158 Å². The van der Waals surface area contributed by atoms with E-state index >= 15 is 0 Å². The van der Waals surface area contributed by atoms with E-state index in [2.05, 4.69) is 20.4 Å². The monoisotopic (exact) mass is 387 g/mol. The van der Waals surface area contributed by atoms with Crippen molar-refractivity contribution in [3.63, 3.8) is 0 Å². The molecular weight excluding hydrogens is 377 g/mol. The van der Waals surface area contributed by atoms with Gasteiger partial charge in [0.2, 0.25) is 0 Å². The van der Waals surface area contributed by atoms with E-state index in [1.165, 1.54) is 0 Å². The van der Waals surface area contributed by atoms with Gasteiger partial charge in [0.25, 0.3) is 0 Å². The molecule has 0 amide bonds. The first-order valence-electron chi connectivity index (χ1n) is 7.37. The number of rotatable bonds is 3. The predicted molar refractivity (Wildman–Crippen MR) is 102 cm³/mol. The van der Waals surface area contributed by atoms with Gasteiger partial charge in [-0.1, -0.05) is 53.5 Å². The van der Waals surface area contributed by atoms with E-state index in [0.29, 0.717) is 20.6 Å². The molecule has 0 aliphatic rings. The van der Waals surface area contributed by atoms with Crippen LogP contribution in [0.25, 0.3) is 28.5 Å². The number of aromatic nitrogens is 5. The Morgan fingerprint density at radius 3 is 2.32 bits per heavy atom. The number of benzene rings is 2. The van der Waals surface area contributed by atoms with Crippen molar-refractivity contribution in [3.8, 4) is 28.5 Å². The third-order valence-corrected chi connectivity index (χ3v) is 4.38. The average molecular weight is 388 g/mol. The second-order valence-corrected chi connectivity index (χ2v) is 6.61. The smallest absolute Gasteiger partial charge is 0.200 e. The van der Waals surface area contributed by atoms with Crippen LogP contribution in [0.3, 0.4) is 0 Å². The van der Waals surface area contributed by atoms with Gasteiger partial charge in [-0.05, 0) is 36.5 Å². The van der Waals surface area contributed by atoms with Gasteiger partial charge in [-0.15, -0.1) is 0 Å². The van der Waals surface area contributed by atoms with Crippen molar-refractivity contribution in [1.82, 2.24) is 25.0 Å². The lowest BCUT2D eigenvalue weighted by Crippen LogP contribution is -1.98. The Kier molecular flexibility index (Phi) is 4.17. The van der Waals surface area contributed by atoms with E-state index < -0.39 is 0 Å². The number of aromatic amines is 2. The van der Waals surface area contributed by atoms with Crippen molar-refractivity contribution in [1.29, 1.82) is 0 Å². The van der Waals surface area contributed by atoms with Crippen molar-refractivity contribution in [2.24, 2.45) is 0 Å². The molecule has 0 saturated carbocycles. The van der Waals surface area contributed by atoms with Crippen LogP contribution in [0.5, 0.6) is 0 Å². The highest BCUT2D eigenvalue weighted by Crippen LogP contribution is 2.27. The minimum atomic E-state index is 0.434. The molecule has 0 saturated heterocycles. The van der Waals surface area contributed by atoms with Gasteiger partial charge in [-0.2, -0.15) is 10.2 Å². The van der Waals surface area contributed by atoms with Crippen LogP contribution < -0.4 is 0 Å². The van der Waals surface area contributed by atoms with Gasteiger partial charge < -0.3 is 0 Å². The van der Waals surface area contributed by atoms with Gasteiger partial charge in [-0.3, -0.25) is 14.8 Å². The average Bonchev–Trinajstić information content (AvgIpc) is 3.21. The normalized spacial score (nSPS) is 11.0. The maximum Gasteiger partial charge on any atom is 0.200 e. The summed E-state index contributed by atoms with van der Waals surface area (Å²) in [5, 5.41) is 15.5. The largest absolute Gasteiger partial charge is 0.274 e. The van der Waals surface area contributed by atoms with Crippen LogP contribution in [-0.2, 0) is 0 Å². The molecule has 0 atom stereocenters. The molecule has 0 unspecified atom stereocenters. The molecule has 2 aromatic heterocycles. The molecule has 124 valence electrons. The standard InChI is InChI=1S/C17H11Cl2N5S/c18-11-6-12(19)8-13(7-11)24-16(22-23-17(24)25)15-9-14(20-21-15)10-4-2-1-3-5-10/h1-9H,(H,20,21)(H,23,25). The molecule has 2 aromatic carbocycles. The molecule has 0 spiro atoms. The van der Waals surface area contributed by atoms with Crippen molar-refractivity contribution in [2.75, 3.05) is 0 Å². The molecular formula is C17H11Cl2N5S. The van der Waals surface area contributed by atoms with E-state index in [0.717, 1.165) is 22.6 Å². The van der Waals surface area contributed by atoms with E-state index in [-0.39, 0.29) is 0 Å². The summed E-state index contributed by atoms with van der Waals surface area (Å²) in [6.45, 7) is 0. The fourth-order valence-corrected chi connectivity index (χ4v) is 3.33. The molecule has 0 bridgehead atoms. The topological polar surface area (TPSA) is 62.3 Å². The Balaban J connectivity index is 1.83. The van der Waals surface area contributed by atoms with Crippen LogP contribution in [0.1, 0.15) is 0 Å². The third kappa shape index (κ3) is 3.11. The van der Waals surface area contributed by atoms with Crippen molar-refractivity contribution in [3.05, 3.63) is 69.4 Å². The van der Waals surface area contributed by atoms with Gasteiger partial charge in [0.05, 0.1) is 11.4 Å². The molecule has 8 heteroatoms. The van der Waals surface area contributed by atoms with Crippen molar-refractivity contribution >= 4 is 35.4 Å². The van der Waals surface area contributed by atoms with E-state index in [1.54, 1.807) is 22.8 Å². The minimum Gasteiger partial charge on any atom is -0.274 e. The van der Waals surface area contributed by atoms with Gasteiger partial charge in [0.1, 0.15) is 5.69 Å². The molecule has 2 N–H and O–H groups in total. The zero-order valence-electron chi connectivity index (χ0n) is 12.7. The summed E-state index contributed by atoms with van der Waals surface area (Å²) < 4.78 is 2.19. The van der Waals surface area contributed by atoms with Gasteiger partial charge >= 0.3 is 0 Å². The Morgan fingerprint density at radius 2 is 1.60 bits per heavy atom. The third-order valence-electron chi connectivity index (χ3n) is 3.67. The van der Waals surface area contributed by atoms with E-state index in [1.807, 2.05) is 36.4 Å². The summed E-state index contributed by atoms with van der Waals surface area (Å²) in [6.07, 6.45) is 0. The molecule has 0 radical (unpaired) electrons. The van der Waals surface area contributed by atoms with Crippen LogP contribution in [0.4, 0.5) is 0 Å². The number of nitrogens with zero attached hydrogens (tertiary/aromatic N) is 3. The van der Waals surface area contributed by atoms with Crippen LogP contribution >= 0.6 is 35.4 Å². The first-order valence-corrected chi connectivity index (χ1v) is 8.53. The maximum atomic E-state index is 6.12. The molecule has 2 heterocycles. The Morgan fingerprint density at radius 1 is 0.880 bits per heavy atom. The van der Waals surface area contributed by atoms with Crippen molar-refractivity contribution < 1.29 is 0 Å². The van der Waals surface area contributed by atoms with Crippen LogP contribution in [0.2, 0.25) is 10.0 Å². The van der Waals surface area contributed by atoms with Gasteiger partial charge in [0.15, 0.2) is 10.6 Å². The van der Waals surface area contributed by atoms with Crippen molar-refractivity contribution in [2.45, 2.75) is 0 Å². The molecule has 0 aliphatic heterocycles. The lowest BCUT2D eigenvalue weighted by Gasteiger charge is -2.06. The summed E-state index contributed by atoms with van der Waals surface area (Å²) in [4.78, 5) is 0. The molecule has 0 fully saturated rings. The van der Waals surface area contributed by atoms with E-state index in [9.17, 15) is 0 Å². The zero-order chi connectivity index (χ0) is 17.4. The predicted octanol–water partition coefficient (Wildman–Crippen LogP) is 5.29. The van der Waals surface area contributed by atoms with Gasteiger partial charge in [-0.25, -0.2) is 0 Å². The first kappa shape index (κ1) is 16.1. The lowest BCUT2D eigenvalue weighted by atomic mass is 10.1. The lowest BCUT2D eigenvalue weighted by molar-refractivity contribution is 1.02. The minimum absolute atomic E-state index is 0.434.